The number of sulfonamides is 1. The molecule has 0 aromatic heterocycles. The Bertz CT molecular complexity index is 712. The molecule has 10 heteroatoms. The van der Waals surface area contributed by atoms with Crippen molar-refractivity contribution in [2.75, 3.05) is 26.8 Å². The summed E-state index contributed by atoms with van der Waals surface area (Å²) in [5.74, 6) is -3.42. The van der Waals surface area contributed by atoms with Crippen molar-refractivity contribution in [2.24, 2.45) is 0 Å². The predicted octanol–water partition coefficient (Wildman–Crippen LogP) is 0.225. The number of hydrogen-bond acceptors (Lipinski definition) is 5. The van der Waals surface area contributed by atoms with E-state index in [1.807, 2.05) is 0 Å². The maximum atomic E-state index is 13.1. The van der Waals surface area contributed by atoms with Crippen molar-refractivity contribution < 1.29 is 26.7 Å². The summed E-state index contributed by atoms with van der Waals surface area (Å²) < 4.78 is 57.7. The molecule has 0 saturated carbocycles. The maximum absolute atomic E-state index is 13.1. The van der Waals surface area contributed by atoms with Crippen LogP contribution in [0.3, 0.4) is 0 Å². The fourth-order valence-corrected chi connectivity index (χ4v) is 3.48. The molecule has 1 aromatic carbocycles. The number of alkyl halides is 2. The quantitative estimate of drug-likeness (QED) is 0.564. The van der Waals surface area contributed by atoms with Gasteiger partial charge in [0.2, 0.25) is 15.9 Å². The number of carbonyl (C=O) groups excluding carboxylic acids is 1. The summed E-state index contributed by atoms with van der Waals surface area (Å²) in [6.45, 7) is -0.0919. The number of ether oxygens (including phenoxy) is 1. The molecule has 0 bridgehead atoms. The number of methoxy groups -OCH3 is 1. The van der Waals surface area contributed by atoms with Crippen LogP contribution in [-0.2, 0) is 26.1 Å². The van der Waals surface area contributed by atoms with Gasteiger partial charge in [-0.2, -0.15) is 0 Å². The van der Waals surface area contributed by atoms with Crippen LogP contribution in [0.1, 0.15) is 12.0 Å². The molecule has 1 saturated heterocycles. The Morgan fingerprint density at radius 1 is 1.44 bits per heavy atom. The smallest absolute Gasteiger partial charge is 0.262 e. The van der Waals surface area contributed by atoms with Crippen molar-refractivity contribution in [1.29, 1.82) is 0 Å². The van der Waals surface area contributed by atoms with E-state index in [1.165, 1.54) is 19.2 Å². The maximum Gasteiger partial charge on any atom is 0.262 e. The van der Waals surface area contributed by atoms with Crippen molar-refractivity contribution in [3.63, 3.8) is 0 Å². The zero-order chi connectivity index (χ0) is 18.5. The Morgan fingerprint density at radius 3 is 2.84 bits per heavy atom. The number of carbonyl (C=O) groups is 1. The molecule has 1 aromatic rings. The van der Waals surface area contributed by atoms with Gasteiger partial charge in [-0.25, -0.2) is 21.9 Å². The Hall–Kier alpha value is -1.62. The highest BCUT2D eigenvalue weighted by molar-refractivity contribution is 7.89. The lowest BCUT2D eigenvalue weighted by Crippen LogP contribution is -2.40. The largest absolute Gasteiger partial charge is 0.383 e. The van der Waals surface area contributed by atoms with Gasteiger partial charge in [0.05, 0.1) is 24.1 Å². The zero-order valence-corrected chi connectivity index (χ0v) is 14.5. The first-order valence-corrected chi connectivity index (χ1v) is 9.18. The number of amides is 1. The van der Waals surface area contributed by atoms with Crippen LogP contribution in [0, 0.1) is 0 Å². The zero-order valence-electron chi connectivity index (χ0n) is 13.7. The van der Waals surface area contributed by atoms with Gasteiger partial charge in [0.1, 0.15) is 0 Å². The highest BCUT2D eigenvalue weighted by Crippen LogP contribution is 2.25. The van der Waals surface area contributed by atoms with E-state index in [1.54, 1.807) is 12.1 Å². The molecule has 0 radical (unpaired) electrons. The van der Waals surface area contributed by atoms with Gasteiger partial charge in [0.25, 0.3) is 5.92 Å². The molecule has 0 spiro atoms. The van der Waals surface area contributed by atoms with E-state index in [0.29, 0.717) is 5.56 Å². The van der Waals surface area contributed by atoms with Crippen LogP contribution in [0.2, 0.25) is 0 Å². The summed E-state index contributed by atoms with van der Waals surface area (Å²) in [7, 11) is -2.21. The monoisotopic (exact) mass is 377 g/mol. The molecule has 1 heterocycles. The van der Waals surface area contributed by atoms with E-state index in [2.05, 4.69) is 15.4 Å². The Labute approximate surface area is 145 Å². The van der Waals surface area contributed by atoms with Crippen molar-refractivity contribution in [1.82, 2.24) is 15.4 Å². The molecule has 1 fully saturated rings. The summed E-state index contributed by atoms with van der Waals surface area (Å²) in [6, 6.07) is 5.10. The number of rotatable bonds is 8. The molecule has 1 unspecified atom stereocenters. The molecule has 25 heavy (non-hydrogen) atoms. The van der Waals surface area contributed by atoms with Crippen LogP contribution in [-0.4, -0.2) is 53.1 Å². The third-order valence-corrected chi connectivity index (χ3v) is 5.16. The van der Waals surface area contributed by atoms with Crippen LogP contribution in [0.15, 0.2) is 29.2 Å². The molecule has 3 N–H and O–H groups in total. The first kappa shape index (κ1) is 19.7. The topological polar surface area (TPSA) is 96.5 Å². The normalized spacial score (nSPS) is 19.7. The minimum absolute atomic E-state index is 0.0457. The summed E-state index contributed by atoms with van der Waals surface area (Å²) >= 11 is 0. The minimum Gasteiger partial charge on any atom is -0.383 e. The fourth-order valence-electron chi connectivity index (χ4n) is 2.40. The standard InChI is InChI=1S/C15H21F2N3O4S/c1-24-6-5-20-25(22,23)12-4-2-3-11(7-12)9-18-14(21)13-8-15(16,17)10-19-13/h2-4,7,13,19-20H,5-6,8-10H2,1H3,(H,18,21). The van der Waals surface area contributed by atoms with E-state index >= 15 is 0 Å². The Morgan fingerprint density at radius 2 is 2.20 bits per heavy atom. The molecule has 1 atom stereocenters. The van der Waals surface area contributed by atoms with Gasteiger partial charge in [-0.1, -0.05) is 12.1 Å². The lowest BCUT2D eigenvalue weighted by atomic mass is 10.1. The second kappa shape index (κ2) is 8.17. The molecule has 1 aliphatic heterocycles. The predicted molar refractivity (Wildman–Crippen MR) is 86.7 cm³/mol. The lowest BCUT2D eigenvalue weighted by Gasteiger charge is -2.12. The number of nitrogens with one attached hydrogen (secondary N) is 3. The Kier molecular flexibility index (Phi) is 6.44. The number of hydrogen-bond donors (Lipinski definition) is 3. The van der Waals surface area contributed by atoms with Gasteiger partial charge in [-0.05, 0) is 17.7 Å². The summed E-state index contributed by atoms with van der Waals surface area (Å²) in [5.41, 5.74) is 0.549. The van der Waals surface area contributed by atoms with Crippen LogP contribution < -0.4 is 15.4 Å². The van der Waals surface area contributed by atoms with Crippen LogP contribution >= 0.6 is 0 Å². The fraction of sp³-hybridized carbons (Fsp3) is 0.533. The molecule has 2 rings (SSSR count). The molecule has 7 nitrogen and oxygen atoms in total. The molecular weight excluding hydrogens is 356 g/mol. The summed E-state index contributed by atoms with van der Waals surface area (Å²) in [5, 5.41) is 5.01. The van der Waals surface area contributed by atoms with Gasteiger partial charge in [-0.15, -0.1) is 0 Å². The summed E-state index contributed by atoms with van der Waals surface area (Å²) in [4.78, 5) is 12.0. The van der Waals surface area contributed by atoms with Crippen LogP contribution in [0.4, 0.5) is 8.78 Å². The molecule has 1 amide bonds. The highest BCUT2D eigenvalue weighted by atomic mass is 32.2. The van der Waals surface area contributed by atoms with Crippen molar-refractivity contribution in [2.45, 2.75) is 29.8 Å². The van der Waals surface area contributed by atoms with Gasteiger partial charge >= 0.3 is 0 Å². The van der Waals surface area contributed by atoms with Gasteiger partial charge < -0.3 is 10.1 Å². The molecule has 140 valence electrons. The number of halogens is 2. The van der Waals surface area contributed by atoms with E-state index in [4.69, 9.17) is 4.74 Å². The van der Waals surface area contributed by atoms with E-state index < -0.39 is 40.9 Å². The molecular formula is C15H21F2N3O4S. The second-order valence-corrected chi connectivity index (χ2v) is 7.52. The SMILES string of the molecule is COCCNS(=O)(=O)c1cccc(CNC(=O)C2CC(F)(F)CN2)c1. The average molecular weight is 377 g/mol. The van der Waals surface area contributed by atoms with Crippen molar-refractivity contribution >= 4 is 15.9 Å². The van der Waals surface area contributed by atoms with E-state index in [0.717, 1.165) is 0 Å². The van der Waals surface area contributed by atoms with E-state index in [-0.39, 0.29) is 24.6 Å². The third kappa shape index (κ3) is 5.70. The van der Waals surface area contributed by atoms with Gasteiger partial charge in [0, 0.05) is 26.6 Å². The van der Waals surface area contributed by atoms with Crippen LogP contribution in [0.5, 0.6) is 0 Å². The van der Waals surface area contributed by atoms with Crippen molar-refractivity contribution in [3.8, 4) is 0 Å². The van der Waals surface area contributed by atoms with E-state index in [9.17, 15) is 22.0 Å². The average Bonchev–Trinajstić information content (AvgIpc) is 2.93. The highest BCUT2D eigenvalue weighted by Gasteiger charge is 2.42. The lowest BCUT2D eigenvalue weighted by molar-refractivity contribution is -0.123. The molecule has 1 aliphatic rings. The second-order valence-electron chi connectivity index (χ2n) is 5.75. The Balaban J connectivity index is 1.94. The van der Waals surface area contributed by atoms with Gasteiger partial charge in [-0.3, -0.25) is 10.1 Å². The van der Waals surface area contributed by atoms with Crippen molar-refractivity contribution in [3.05, 3.63) is 29.8 Å². The van der Waals surface area contributed by atoms with Gasteiger partial charge in [0.15, 0.2) is 0 Å². The first-order chi connectivity index (χ1) is 11.7. The third-order valence-electron chi connectivity index (χ3n) is 3.70. The first-order valence-electron chi connectivity index (χ1n) is 7.70. The summed E-state index contributed by atoms with van der Waals surface area (Å²) in [6.07, 6.45) is -0.545. The minimum atomic E-state index is -3.68. The number of benzene rings is 1. The molecule has 0 aliphatic carbocycles. The van der Waals surface area contributed by atoms with Crippen LogP contribution in [0.25, 0.3) is 0 Å².